The third kappa shape index (κ3) is 4.28. The van der Waals surface area contributed by atoms with Crippen LogP contribution < -0.4 is 10.6 Å². The van der Waals surface area contributed by atoms with Crippen molar-refractivity contribution >= 4 is 5.91 Å². The van der Waals surface area contributed by atoms with Gasteiger partial charge in [-0.05, 0) is 38.6 Å². The molecule has 100 valence electrons. The standard InChI is InChI=1S/C13H26N2O2/c1-3-4-11(5-8-16)9-15-12(17)13(2)6-7-14-10-13/h11,14,16H,3-10H2,1-2H3,(H,15,17). The van der Waals surface area contributed by atoms with E-state index >= 15 is 0 Å². The lowest BCUT2D eigenvalue weighted by Crippen LogP contribution is -2.42. The molecule has 1 rings (SSSR count). The fourth-order valence-electron chi connectivity index (χ4n) is 2.40. The van der Waals surface area contributed by atoms with Gasteiger partial charge in [0, 0.05) is 19.7 Å². The summed E-state index contributed by atoms with van der Waals surface area (Å²) in [5.74, 6) is 0.563. The van der Waals surface area contributed by atoms with Gasteiger partial charge in [-0.25, -0.2) is 0 Å². The summed E-state index contributed by atoms with van der Waals surface area (Å²) in [6.07, 6.45) is 3.86. The van der Waals surface area contributed by atoms with Gasteiger partial charge in [-0.3, -0.25) is 4.79 Å². The molecular weight excluding hydrogens is 216 g/mol. The average Bonchev–Trinajstić information content (AvgIpc) is 2.74. The summed E-state index contributed by atoms with van der Waals surface area (Å²) in [5.41, 5.74) is -0.240. The van der Waals surface area contributed by atoms with Crippen molar-refractivity contribution in [3.05, 3.63) is 0 Å². The largest absolute Gasteiger partial charge is 0.396 e. The minimum absolute atomic E-state index is 0.154. The van der Waals surface area contributed by atoms with Gasteiger partial charge in [0.2, 0.25) is 5.91 Å². The zero-order chi connectivity index (χ0) is 12.7. The first-order valence-corrected chi connectivity index (χ1v) is 6.72. The van der Waals surface area contributed by atoms with Crippen LogP contribution in [-0.2, 0) is 4.79 Å². The fraction of sp³-hybridized carbons (Fsp3) is 0.923. The lowest BCUT2D eigenvalue weighted by Gasteiger charge is -2.23. The van der Waals surface area contributed by atoms with Crippen LogP contribution in [0.2, 0.25) is 0 Å². The van der Waals surface area contributed by atoms with Crippen LogP contribution in [0.1, 0.15) is 39.5 Å². The zero-order valence-electron chi connectivity index (χ0n) is 11.1. The smallest absolute Gasteiger partial charge is 0.227 e. The molecule has 0 aromatic carbocycles. The molecule has 17 heavy (non-hydrogen) atoms. The molecule has 0 aromatic heterocycles. The maximum atomic E-state index is 12.1. The van der Waals surface area contributed by atoms with Crippen molar-refractivity contribution in [2.45, 2.75) is 39.5 Å². The first-order chi connectivity index (χ1) is 8.12. The van der Waals surface area contributed by atoms with Crippen molar-refractivity contribution < 1.29 is 9.90 Å². The number of amides is 1. The van der Waals surface area contributed by atoms with Crippen molar-refractivity contribution in [3.63, 3.8) is 0 Å². The van der Waals surface area contributed by atoms with Crippen LogP contribution in [0.15, 0.2) is 0 Å². The summed E-state index contributed by atoms with van der Waals surface area (Å²) in [4.78, 5) is 12.1. The van der Waals surface area contributed by atoms with E-state index in [0.717, 1.165) is 38.8 Å². The van der Waals surface area contributed by atoms with Crippen molar-refractivity contribution in [1.82, 2.24) is 10.6 Å². The molecule has 1 aliphatic rings. The average molecular weight is 242 g/mol. The SMILES string of the molecule is CCCC(CCO)CNC(=O)C1(C)CCNC1. The Hall–Kier alpha value is -0.610. The second kappa shape index (κ2) is 6.97. The van der Waals surface area contributed by atoms with Crippen LogP contribution in [0, 0.1) is 11.3 Å². The molecular formula is C13H26N2O2. The highest BCUT2D eigenvalue weighted by molar-refractivity contribution is 5.82. The van der Waals surface area contributed by atoms with E-state index < -0.39 is 0 Å². The predicted octanol–water partition coefficient (Wildman–Crippen LogP) is 0.901. The molecule has 1 heterocycles. The summed E-state index contributed by atoms with van der Waals surface area (Å²) in [6, 6.07) is 0. The topological polar surface area (TPSA) is 61.4 Å². The molecule has 0 bridgehead atoms. The highest BCUT2D eigenvalue weighted by Crippen LogP contribution is 2.24. The fourth-order valence-corrected chi connectivity index (χ4v) is 2.40. The van der Waals surface area contributed by atoms with Crippen molar-refractivity contribution in [2.75, 3.05) is 26.2 Å². The summed E-state index contributed by atoms with van der Waals surface area (Å²) in [6.45, 7) is 6.76. The Morgan fingerprint density at radius 1 is 1.53 bits per heavy atom. The van der Waals surface area contributed by atoms with Crippen LogP contribution >= 0.6 is 0 Å². The Balaban J connectivity index is 2.34. The van der Waals surface area contributed by atoms with Gasteiger partial charge in [0.25, 0.3) is 0 Å². The van der Waals surface area contributed by atoms with Crippen LogP contribution in [0.4, 0.5) is 0 Å². The molecule has 0 spiro atoms. The summed E-state index contributed by atoms with van der Waals surface area (Å²) >= 11 is 0. The van der Waals surface area contributed by atoms with Crippen LogP contribution in [-0.4, -0.2) is 37.3 Å². The molecule has 2 unspecified atom stereocenters. The molecule has 1 saturated heterocycles. The van der Waals surface area contributed by atoms with E-state index in [0.29, 0.717) is 12.5 Å². The summed E-state index contributed by atoms with van der Waals surface area (Å²) in [5, 5.41) is 15.2. The molecule has 1 fully saturated rings. The molecule has 0 radical (unpaired) electrons. The number of hydrogen-bond acceptors (Lipinski definition) is 3. The van der Waals surface area contributed by atoms with E-state index in [9.17, 15) is 4.79 Å². The minimum atomic E-state index is -0.240. The van der Waals surface area contributed by atoms with Gasteiger partial charge in [0.1, 0.15) is 0 Å². The van der Waals surface area contributed by atoms with E-state index in [-0.39, 0.29) is 17.9 Å². The lowest BCUT2D eigenvalue weighted by molar-refractivity contribution is -0.129. The van der Waals surface area contributed by atoms with Crippen molar-refractivity contribution in [1.29, 1.82) is 0 Å². The molecule has 4 nitrogen and oxygen atoms in total. The monoisotopic (exact) mass is 242 g/mol. The number of nitrogens with one attached hydrogen (secondary N) is 2. The summed E-state index contributed by atoms with van der Waals surface area (Å²) in [7, 11) is 0. The molecule has 1 amide bonds. The second-order valence-corrected chi connectivity index (χ2v) is 5.36. The number of hydrogen-bond donors (Lipinski definition) is 3. The number of carbonyl (C=O) groups is 1. The first-order valence-electron chi connectivity index (χ1n) is 6.72. The second-order valence-electron chi connectivity index (χ2n) is 5.36. The number of carbonyl (C=O) groups excluding carboxylic acids is 1. The van der Waals surface area contributed by atoms with E-state index in [1.165, 1.54) is 0 Å². The van der Waals surface area contributed by atoms with Gasteiger partial charge in [0.15, 0.2) is 0 Å². The summed E-state index contributed by atoms with van der Waals surface area (Å²) < 4.78 is 0. The van der Waals surface area contributed by atoms with Gasteiger partial charge in [-0.2, -0.15) is 0 Å². The Morgan fingerprint density at radius 3 is 2.82 bits per heavy atom. The Kier molecular flexibility index (Phi) is 5.92. The van der Waals surface area contributed by atoms with Gasteiger partial charge in [-0.1, -0.05) is 13.3 Å². The van der Waals surface area contributed by atoms with Crippen molar-refractivity contribution in [3.8, 4) is 0 Å². The first kappa shape index (κ1) is 14.5. The lowest BCUT2D eigenvalue weighted by atomic mass is 9.88. The van der Waals surface area contributed by atoms with Gasteiger partial charge in [-0.15, -0.1) is 0 Å². The molecule has 1 aliphatic heterocycles. The molecule has 0 aromatic rings. The maximum Gasteiger partial charge on any atom is 0.227 e. The van der Waals surface area contributed by atoms with E-state index in [1.807, 2.05) is 6.92 Å². The van der Waals surface area contributed by atoms with E-state index in [2.05, 4.69) is 17.6 Å². The highest BCUT2D eigenvalue weighted by atomic mass is 16.3. The number of aliphatic hydroxyl groups excluding tert-OH is 1. The Labute approximate surface area is 104 Å². The molecule has 0 saturated carbocycles. The Bertz CT molecular complexity index is 232. The molecule has 3 N–H and O–H groups in total. The van der Waals surface area contributed by atoms with Crippen LogP contribution in [0.3, 0.4) is 0 Å². The van der Waals surface area contributed by atoms with Gasteiger partial charge in [0.05, 0.1) is 5.41 Å². The zero-order valence-corrected chi connectivity index (χ0v) is 11.1. The Morgan fingerprint density at radius 2 is 2.29 bits per heavy atom. The molecule has 4 heteroatoms. The number of rotatable bonds is 7. The van der Waals surface area contributed by atoms with Gasteiger partial charge < -0.3 is 15.7 Å². The van der Waals surface area contributed by atoms with E-state index in [1.54, 1.807) is 0 Å². The van der Waals surface area contributed by atoms with Crippen LogP contribution in [0.5, 0.6) is 0 Å². The highest BCUT2D eigenvalue weighted by Gasteiger charge is 2.36. The van der Waals surface area contributed by atoms with Gasteiger partial charge >= 0.3 is 0 Å². The third-order valence-corrected chi connectivity index (χ3v) is 3.70. The predicted molar refractivity (Wildman–Crippen MR) is 68.7 cm³/mol. The normalized spacial score (nSPS) is 25.8. The van der Waals surface area contributed by atoms with Crippen LogP contribution in [0.25, 0.3) is 0 Å². The third-order valence-electron chi connectivity index (χ3n) is 3.70. The maximum absolute atomic E-state index is 12.1. The van der Waals surface area contributed by atoms with Crippen molar-refractivity contribution in [2.24, 2.45) is 11.3 Å². The van der Waals surface area contributed by atoms with E-state index in [4.69, 9.17) is 5.11 Å². The molecule has 2 atom stereocenters. The minimum Gasteiger partial charge on any atom is -0.396 e. The quantitative estimate of drug-likeness (QED) is 0.621. The molecule has 0 aliphatic carbocycles. The number of aliphatic hydroxyl groups is 1.